The molecule has 0 amide bonds. The molecule has 0 spiro atoms. The van der Waals surface area contributed by atoms with Crippen LogP contribution in [0.25, 0.3) is 0 Å². The first-order valence-electron chi connectivity index (χ1n) is 8.11. The van der Waals surface area contributed by atoms with Crippen LogP contribution in [0.5, 0.6) is 17.2 Å². The summed E-state index contributed by atoms with van der Waals surface area (Å²) in [5.74, 6) is 1.85. The Morgan fingerprint density at radius 3 is 2.40 bits per heavy atom. The Morgan fingerprint density at radius 2 is 1.76 bits per heavy atom. The molecule has 134 valence electrons. The van der Waals surface area contributed by atoms with Crippen molar-refractivity contribution in [3.8, 4) is 17.2 Å². The number of allylic oxidation sites excluding steroid dienone is 1. The van der Waals surface area contributed by atoms with Crippen LogP contribution in [-0.4, -0.2) is 26.4 Å². The summed E-state index contributed by atoms with van der Waals surface area (Å²) < 4.78 is 10.8. The lowest BCUT2D eigenvalue weighted by molar-refractivity contribution is -0.907. The molecule has 0 aliphatic carbocycles. The lowest BCUT2D eigenvalue weighted by atomic mass is 10.0. The van der Waals surface area contributed by atoms with E-state index in [0.29, 0.717) is 23.7 Å². The van der Waals surface area contributed by atoms with E-state index in [0.717, 1.165) is 34.7 Å². The van der Waals surface area contributed by atoms with Crippen LogP contribution >= 0.6 is 11.6 Å². The van der Waals surface area contributed by atoms with Crippen LogP contribution in [0.1, 0.15) is 16.7 Å². The number of phenols is 1. The van der Waals surface area contributed by atoms with Gasteiger partial charge in [-0.05, 0) is 36.8 Å². The molecule has 25 heavy (non-hydrogen) atoms. The molecule has 0 radical (unpaired) electrons. The van der Waals surface area contributed by atoms with Gasteiger partial charge in [-0.2, -0.15) is 0 Å². The lowest BCUT2D eigenvalue weighted by Gasteiger charge is -2.18. The molecule has 2 N–H and O–H groups in total. The maximum absolute atomic E-state index is 10.5. The molecule has 0 heterocycles. The fourth-order valence-corrected chi connectivity index (χ4v) is 3.08. The maximum Gasteiger partial charge on any atom is 0.128 e. The summed E-state index contributed by atoms with van der Waals surface area (Å²) in [6, 6.07) is 9.32. The zero-order chi connectivity index (χ0) is 18.4. The lowest BCUT2D eigenvalue weighted by Crippen LogP contribution is -3.06. The summed E-state index contributed by atoms with van der Waals surface area (Å²) in [6.07, 6.45) is 2.36. The Hall–Kier alpha value is -2.17. The van der Waals surface area contributed by atoms with Crippen molar-refractivity contribution in [1.82, 2.24) is 0 Å². The van der Waals surface area contributed by atoms with Gasteiger partial charge < -0.3 is 19.5 Å². The average Bonchev–Trinajstić information content (AvgIpc) is 2.58. The van der Waals surface area contributed by atoms with Gasteiger partial charge in [0, 0.05) is 16.1 Å². The smallest absolute Gasteiger partial charge is 0.128 e. The van der Waals surface area contributed by atoms with Gasteiger partial charge in [0.25, 0.3) is 0 Å². The zero-order valence-corrected chi connectivity index (χ0v) is 15.7. The fraction of sp³-hybridized carbons (Fsp3) is 0.300. The van der Waals surface area contributed by atoms with E-state index in [9.17, 15) is 5.11 Å². The summed E-state index contributed by atoms with van der Waals surface area (Å²) in [4.78, 5) is 1.19. The molecule has 0 bridgehead atoms. The van der Waals surface area contributed by atoms with E-state index < -0.39 is 0 Å². The molecule has 4 nitrogen and oxygen atoms in total. The Kier molecular flexibility index (Phi) is 6.73. The number of quaternary nitrogens is 1. The van der Waals surface area contributed by atoms with Crippen LogP contribution < -0.4 is 14.4 Å². The minimum Gasteiger partial charge on any atom is -0.507 e. The largest absolute Gasteiger partial charge is 0.507 e. The molecular formula is C20H25ClNO3+. The first kappa shape index (κ1) is 19.2. The van der Waals surface area contributed by atoms with E-state index in [1.807, 2.05) is 30.3 Å². The van der Waals surface area contributed by atoms with Crippen LogP contribution in [0.4, 0.5) is 0 Å². The number of ether oxygens (including phenoxy) is 2. The molecule has 2 aromatic rings. The molecule has 2 aromatic carbocycles. The summed E-state index contributed by atoms with van der Waals surface area (Å²) in [5.41, 5.74) is 2.69. The van der Waals surface area contributed by atoms with Gasteiger partial charge in [-0.1, -0.05) is 17.7 Å². The molecule has 5 heteroatoms. The Labute approximate surface area is 154 Å². The highest BCUT2D eigenvalue weighted by molar-refractivity contribution is 6.30. The fourth-order valence-electron chi connectivity index (χ4n) is 2.89. The van der Waals surface area contributed by atoms with Gasteiger partial charge >= 0.3 is 0 Å². The third kappa shape index (κ3) is 4.91. The zero-order valence-electron chi connectivity index (χ0n) is 14.9. The molecule has 0 saturated heterocycles. The monoisotopic (exact) mass is 362 g/mol. The summed E-state index contributed by atoms with van der Waals surface area (Å²) in [7, 11) is 5.34. The third-order valence-corrected chi connectivity index (χ3v) is 4.30. The summed E-state index contributed by atoms with van der Waals surface area (Å²) >= 11 is 6.11. The van der Waals surface area contributed by atoms with Crippen molar-refractivity contribution in [2.45, 2.75) is 19.5 Å². The van der Waals surface area contributed by atoms with Crippen LogP contribution in [0.2, 0.25) is 5.02 Å². The highest BCUT2D eigenvalue weighted by atomic mass is 35.5. The van der Waals surface area contributed by atoms with Gasteiger partial charge in [-0.25, -0.2) is 0 Å². The number of benzene rings is 2. The van der Waals surface area contributed by atoms with E-state index in [4.69, 9.17) is 21.1 Å². The summed E-state index contributed by atoms with van der Waals surface area (Å²) in [5, 5.41) is 11.2. The molecule has 0 saturated carbocycles. The molecule has 2 rings (SSSR count). The number of hydrogen-bond acceptors (Lipinski definition) is 3. The normalized spacial score (nSPS) is 11.8. The highest BCUT2D eigenvalue weighted by Crippen LogP contribution is 2.29. The number of phenolic OH excluding ortho intramolecular Hbond substituents is 1. The number of halogens is 1. The Morgan fingerprint density at radius 1 is 1.08 bits per heavy atom. The van der Waals surface area contributed by atoms with Crippen molar-refractivity contribution in [1.29, 1.82) is 0 Å². The van der Waals surface area contributed by atoms with Crippen molar-refractivity contribution in [2.75, 3.05) is 21.3 Å². The molecule has 1 unspecified atom stereocenters. The molecule has 0 aliphatic rings. The van der Waals surface area contributed by atoms with E-state index in [2.05, 4.69) is 13.6 Å². The molecule has 1 atom stereocenters. The number of aromatic hydroxyl groups is 1. The van der Waals surface area contributed by atoms with Crippen molar-refractivity contribution >= 4 is 11.6 Å². The van der Waals surface area contributed by atoms with Crippen molar-refractivity contribution in [3.05, 3.63) is 64.7 Å². The van der Waals surface area contributed by atoms with Crippen LogP contribution in [0.15, 0.2) is 43.0 Å². The number of nitrogens with one attached hydrogen (secondary N) is 1. The minimum atomic E-state index is 0.304. The number of rotatable bonds is 8. The second-order valence-corrected chi connectivity index (χ2v) is 6.49. The number of hydrogen-bond donors (Lipinski definition) is 2. The average molecular weight is 363 g/mol. The van der Waals surface area contributed by atoms with Gasteiger partial charge in [0.2, 0.25) is 0 Å². The second kappa shape index (κ2) is 8.79. The first-order valence-corrected chi connectivity index (χ1v) is 8.49. The first-order chi connectivity index (χ1) is 12.0. The van der Waals surface area contributed by atoms with Gasteiger partial charge in [0.05, 0.1) is 26.8 Å². The number of methoxy groups -OCH3 is 2. The minimum absolute atomic E-state index is 0.304. The van der Waals surface area contributed by atoms with Crippen molar-refractivity contribution in [2.24, 2.45) is 0 Å². The predicted molar refractivity (Wildman–Crippen MR) is 101 cm³/mol. The van der Waals surface area contributed by atoms with Gasteiger partial charge in [-0.3, -0.25) is 0 Å². The molecular weight excluding hydrogens is 338 g/mol. The van der Waals surface area contributed by atoms with E-state index in [1.54, 1.807) is 20.3 Å². The van der Waals surface area contributed by atoms with Gasteiger partial charge in [0.15, 0.2) is 0 Å². The Balaban J connectivity index is 2.23. The predicted octanol–water partition coefficient (Wildman–Crippen LogP) is 3.01. The van der Waals surface area contributed by atoms with Crippen molar-refractivity contribution in [3.63, 3.8) is 0 Å². The van der Waals surface area contributed by atoms with Crippen LogP contribution in [-0.2, 0) is 19.5 Å². The molecule has 0 aliphatic heterocycles. The van der Waals surface area contributed by atoms with Crippen molar-refractivity contribution < 1.29 is 19.5 Å². The SMILES string of the molecule is C=CCc1cc(OC)cc(C[NH+](C)Cc2cc(Cl)ccc2OC)c1O. The van der Waals surface area contributed by atoms with Crippen LogP contribution in [0.3, 0.4) is 0 Å². The molecule has 0 aromatic heterocycles. The quantitative estimate of drug-likeness (QED) is 0.709. The van der Waals surface area contributed by atoms with E-state index in [-0.39, 0.29) is 0 Å². The van der Waals surface area contributed by atoms with Gasteiger partial charge in [0.1, 0.15) is 30.3 Å². The van der Waals surface area contributed by atoms with E-state index in [1.165, 1.54) is 4.90 Å². The highest BCUT2D eigenvalue weighted by Gasteiger charge is 2.16. The van der Waals surface area contributed by atoms with E-state index >= 15 is 0 Å². The molecule has 0 fully saturated rings. The third-order valence-electron chi connectivity index (χ3n) is 4.07. The Bertz CT molecular complexity index is 746. The van der Waals surface area contributed by atoms with Crippen LogP contribution in [0, 0.1) is 0 Å². The standard InChI is InChI=1S/C20H24ClNO3/c1-5-6-14-10-18(24-3)11-16(20(14)23)13-22(2)12-15-9-17(21)7-8-19(15)25-4/h5,7-11,23H,1,6,12-13H2,2-4H3/p+1. The second-order valence-electron chi connectivity index (χ2n) is 6.05. The van der Waals surface area contributed by atoms with Gasteiger partial charge in [-0.15, -0.1) is 6.58 Å². The topological polar surface area (TPSA) is 43.1 Å². The summed E-state index contributed by atoms with van der Waals surface area (Å²) in [6.45, 7) is 5.10. The maximum atomic E-state index is 10.5.